The second-order valence-electron chi connectivity index (χ2n) is 6.79. The minimum atomic E-state index is -0.251. The summed E-state index contributed by atoms with van der Waals surface area (Å²) in [7, 11) is 2.09. The largest absolute Gasteiger partial charge is 0.393 e. The monoisotopic (exact) mass is 278 g/mol. The molecule has 1 aromatic rings. The van der Waals surface area contributed by atoms with Gasteiger partial charge in [0.15, 0.2) is 0 Å². The third-order valence-corrected chi connectivity index (χ3v) is 3.34. The van der Waals surface area contributed by atoms with E-state index in [1.165, 1.54) is 16.8 Å². The number of aliphatic hydroxyl groups excluding tert-OH is 1. The third-order valence-electron chi connectivity index (χ3n) is 3.34. The molecule has 0 aliphatic rings. The lowest BCUT2D eigenvalue weighted by Crippen LogP contribution is -2.35. The first-order chi connectivity index (χ1) is 9.19. The molecule has 114 valence electrons. The Bertz CT molecular complexity index is 421. The Kier molecular flexibility index (Phi) is 6.03. The van der Waals surface area contributed by atoms with E-state index in [2.05, 4.69) is 63.2 Å². The van der Waals surface area contributed by atoms with Crippen LogP contribution in [-0.2, 0) is 6.54 Å². The molecule has 0 aromatic heterocycles. The van der Waals surface area contributed by atoms with Gasteiger partial charge < -0.3 is 15.3 Å². The molecule has 0 heterocycles. The number of anilines is 1. The summed E-state index contributed by atoms with van der Waals surface area (Å²) >= 11 is 0. The van der Waals surface area contributed by atoms with Gasteiger partial charge in [0.2, 0.25) is 0 Å². The Labute approximate surface area is 124 Å². The molecule has 1 unspecified atom stereocenters. The predicted molar refractivity (Wildman–Crippen MR) is 87.3 cm³/mol. The van der Waals surface area contributed by atoms with Crippen LogP contribution >= 0.6 is 0 Å². The van der Waals surface area contributed by atoms with Crippen molar-refractivity contribution in [2.24, 2.45) is 0 Å². The van der Waals surface area contributed by atoms with Gasteiger partial charge in [-0.3, -0.25) is 0 Å². The topological polar surface area (TPSA) is 35.5 Å². The Morgan fingerprint density at radius 1 is 1.30 bits per heavy atom. The first kappa shape index (κ1) is 17.0. The molecule has 0 amide bonds. The van der Waals surface area contributed by atoms with Crippen LogP contribution in [0.1, 0.15) is 45.2 Å². The molecule has 0 saturated heterocycles. The van der Waals surface area contributed by atoms with Gasteiger partial charge in [0.25, 0.3) is 0 Å². The fourth-order valence-electron chi connectivity index (χ4n) is 2.09. The zero-order chi connectivity index (χ0) is 15.3. The van der Waals surface area contributed by atoms with Crippen LogP contribution in [0.3, 0.4) is 0 Å². The van der Waals surface area contributed by atoms with Crippen LogP contribution in [0.4, 0.5) is 5.69 Å². The van der Waals surface area contributed by atoms with Crippen molar-refractivity contribution < 1.29 is 5.11 Å². The highest BCUT2D eigenvalue weighted by atomic mass is 16.3. The van der Waals surface area contributed by atoms with Crippen molar-refractivity contribution in [2.75, 3.05) is 18.5 Å². The Hall–Kier alpha value is -1.06. The summed E-state index contributed by atoms with van der Waals surface area (Å²) in [5, 5.41) is 13.0. The lowest BCUT2D eigenvalue weighted by Gasteiger charge is -2.26. The molecule has 0 radical (unpaired) electrons. The molecule has 0 fully saturated rings. The summed E-state index contributed by atoms with van der Waals surface area (Å²) in [6.07, 6.45) is 0.537. The molecule has 0 aliphatic heterocycles. The van der Waals surface area contributed by atoms with Crippen molar-refractivity contribution in [2.45, 2.75) is 59.2 Å². The Balaban J connectivity index is 2.83. The number of hydrogen-bond acceptors (Lipinski definition) is 3. The second-order valence-corrected chi connectivity index (χ2v) is 6.79. The predicted octanol–water partition coefficient (Wildman–Crippen LogP) is 3.09. The second kappa shape index (κ2) is 7.09. The van der Waals surface area contributed by atoms with Gasteiger partial charge in [-0.2, -0.15) is 0 Å². The van der Waals surface area contributed by atoms with Crippen LogP contribution in [0.2, 0.25) is 0 Å². The highest BCUT2D eigenvalue weighted by Crippen LogP contribution is 2.22. The highest BCUT2D eigenvalue weighted by molar-refractivity contribution is 5.54. The van der Waals surface area contributed by atoms with E-state index in [1.807, 2.05) is 6.92 Å². The molecule has 2 N–H and O–H groups in total. The van der Waals surface area contributed by atoms with Crippen molar-refractivity contribution in [3.8, 4) is 0 Å². The number of aryl methyl sites for hydroxylation is 1. The minimum absolute atomic E-state index is 0.110. The normalized spacial score (nSPS) is 13.3. The Morgan fingerprint density at radius 3 is 2.50 bits per heavy atom. The van der Waals surface area contributed by atoms with Crippen LogP contribution in [0, 0.1) is 6.92 Å². The molecule has 20 heavy (non-hydrogen) atoms. The zero-order valence-corrected chi connectivity index (χ0v) is 13.8. The summed E-state index contributed by atoms with van der Waals surface area (Å²) in [4.78, 5) is 2.23. The van der Waals surface area contributed by atoms with Crippen LogP contribution < -0.4 is 10.2 Å². The molecule has 0 aliphatic carbocycles. The zero-order valence-electron chi connectivity index (χ0n) is 13.8. The molecule has 3 heteroatoms. The van der Waals surface area contributed by atoms with Gasteiger partial charge >= 0.3 is 0 Å². The fraction of sp³-hybridized carbons (Fsp3) is 0.647. The quantitative estimate of drug-likeness (QED) is 0.839. The van der Waals surface area contributed by atoms with E-state index < -0.39 is 0 Å². The molecule has 1 rings (SSSR count). The molecule has 3 nitrogen and oxygen atoms in total. The van der Waals surface area contributed by atoms with Crippen LogP contribution in [-0.4, -0.2) is 30.3 Å². The van der Waals surface area contributed by atoms with Crippen LogP contribution in [0.5, 0.6) is 0 Å². The van der Waals surface area contributed by atoms with Gasteiger partial charge in [0, 0.05) is 31.4 Å². The van der Waals surface area contributed by atoms with Gasteiger partial charge in [0.1, 0.15) is 0 Å². The third kappa shape index (κ3) is 5.93. The first-order valence-electron chi connectivity index (χ1n) is 7.43. The summed E-state index contributed by atoms with van der Waals surface area (Å²) < 4.78 is 0. The maximum absolute atomic E-state index is 9.43. The number of benzene rings is 1. The summed E-state index contributed by atoms with van der Waals surface area (Å²) in [5.41, 5.74) is 3.95. The van der Waals surface area contributed by atoms with Gasteiger partial charge in [-0.05, 0) is 52.7 Å². The summed E-state index contributed by atoms with van der Waals surface area (Å²) in [6.45, 7) is 12.2. The van der Waals surface area contributed by atoms with Crippen molar-refractivity contribution >= 4 is 5.69 Å². The van der Waals surface area contributed by atoms with Crippen molar-refractivity contribution in [3.63, 3.8) is 0 Å². The van der Waals surface area contributed by atoms with E-state index in [0.29, 0.717) is 0 Å². The van der Waals surface area contributed by atoms with Crippen molar-refractivity contribution in [1.29, 1.82) is 0 Å². The standard InChI is InChI=1S/C17H30N2O/c1-13-7-8-16(19(6)10-9-14(2)20)15(11-13)12-18-17(3,4)5/h7-8,11,14,18,20H,9-10,12H2,1-6H3. The fourth-order valence-corrected chi connectivity index (χ4v) is 2.09. The molecule has 0 saturated carbocycles. The SMILES string of the molecule is Cc1ccc(N(C)CCC(C)O)c(CNC(C)(C)C)c1. The molecule has 0 bridgehead atoms. The van der Waals surface area contributed by atoms with Gasteiger partial charge in [0.05, 0.1) is 6.10 Å². The highest BCUT2D eigenvalue weighted by Gasteiger charge is 2.13. The lowest BCUT2D eigenvalue weighted by atomic mass is 10.0. The molecular weight excluding hydrogens is 248 g/mol. The number of hydrogen-bond donors (Lipinski definition) is 2. The number of nitrogens with one attached hydrogen (secondary N) is 1. The van der Waals surface area contributed by atoms with Crippen LogP contribution in [0.15, 0.2) is 18.2 Å². The van der Waals surface area contributed by atoms with Gasteiger partial charge in [-0.15, -0.1) is 0 Å². The molecule has 1 aromatic carbocycles. The van der Waals surface area contributed by atoms with E-state index >= 15 is 0 Å². The average molecular weight is 278 g/mol. The first-order valence-corrected chi connectivity index (χ1v) is 7.43. The molecular formula is C17H30N2O. The van der Waals surface area contributed by atoms with E-state index in [1.54, 1.807) is 0 Å². The molecule has 0 spiro atoms. The average Bonchev–Trinajstić information content (AvgIpc) is 2.32. The summed E-state index contributed by atoms with van der Waals surface area (Å²) in [5.74, 6) is 0. The Morgan fingerprint density at radius 2 is 1.95 bits per heavy atom. The number of aliphatic hydroxyl groups is 1. The minimum Gasteiger partial charge on any atom is -0.393 e. The maximum Gasteiger partial charge on any atom is 0.0528 e. The lowest BCUT2D eigenvalue weighted by molar-refractivity contribution is 0.187. The number of nitrogens with zero attached hydrogens (tertiary/aromatic N) is 1. The van der Waals surface area contributed by atoms with Crippen molar-refractivity contribution in [1.82, 2.24) is 5.32 Å². The van der Waals surface area contributed by atoms with E-state index in [-0.39, 0.29) is 11.6 Å². The maximum atomic E-state index is 9.43. The van der Waals surface area contributed by atoms with E-state index in [0.717, 1.165) is 19.5 Å². The number of rotatable bonds is 6. The van der Waals surface area contributed by atoms with E-state index in [9.17, 15) is 5.11 Å². The van der Waals surface area contributed by atoms with E-state index in [4.69, 9.17) is 0 Å². The summed E-state index contributed by atoms with van der Waals surface area (Å²) in [6, 6.07) is 6.57. The van der Waals surface area contributed by atoms with Gasteiger partial charge in [-0.25, -0.2) is 0 Å². The van der Waals surface area contributed by atoms with Crippen molar-refractivity contribution in [3.05, 3.63) is 29.3 Å². The smallest absolute Gasteiger partial charge is 0.0528 e. The van der Waals surface area contributed by atoms with Gasteiger partial charge in [-0.1, -0.05) is 17.7 Å². The molecule has 1 atom stereocenters. The van der Waals surface area contributed by atoms with Crippen LogP contribution in [0.25, 0.3) is 0 Å².